The molecule has 4 heteroatoms. The Morgan fingerprint density at radius 1 is 1.47 bits per heavy atom. The van der Waals surface area contributed by atoms with Gasteiger partial charge in [0, 0.05) is 13.1 Å². The van der Waals surface area contributed by atoms with E-state index in [1.54, 1.807) is 12.1 Å². The van der Waals surface area contributed by atoms with Crippen molar-refractivity contribution in [2.45, 2.75) is 25.5 Å². The number of aliphatic hydroxyl groups excluding tert-OH is 1. The number of phenolic OH excluding ortho intramolecular Hbond substituents is 1. The zero-order valence-corrected chi connectivity index (χ0v) is 10.0. The lowest BCUT2D eigenvalue weighted by Crippen LogP contribution is -2.27. The molecule has 3 N–H and O–H groups in total. The normalized spacial score (nSPS) is 16.8. The van der Waals surface area contributed by atoms with Crippen molar-refractivity contribution in [3.8, 4) is 11.5 Å². The van der Waals surface area contributed by atoms with Crippen molar-refractivity contribution in [2.75, 3.05) is 13.7 Å². The van der Waals surface area contributed by atoms with E-state index < -0.39 is 0 Å². The Morgan fingerprint density at radius 3 is 2.82 bits per heavy atom. The molecule has 1 atom stereocenters. The second kappa shape index (κ2) is 5.38. The zero-order valence-electron chi connectivity index (χ0n) is 10.0. The fourth-order valence-corrected chi connectivity index (χ4v) is 1.86. The van der Waals surface area contributed by atoms with Gasteiger partial charge in [0.2, 0.25) is 0 Å². The molecule has 1 fully saturated rings. The SMILES string of the molecule is COc1ccc(CNCC(O)C2CC2)cc1O. The lowest BCUT2D eigenvalue weighted by atomic mass is 10.2. The van der Waals surface area contributed by atoms with Gasteiger partial charge in [-0.2, -0.15) is 0 Å². The number of hydrogen-bond acceptors (Lipinski definition) is 4. The van der Waals surface area contributed by atoms with Gasteiger partial charge in [-0.25, -0.2) is 0 Å². The van der Waals surface area contributed by atoms with Crippen LogP contribution in [0.3, 0.4) is 0 Å². The van der Waals surface area contributed by atoms with E-state index in [0.29, 0.717) is 24.8 Å². The van der Waals surface area contributed by atoms with E-state index >= 15 is 0 Å². The minimum atomic E-state index is -0.234. The maximum absolute atomic E-state index is 9.67. The van der Waals surface area contributed by atoms with Gasteiger partial charge in [-0.1, -0.05) is 6.07 Å². The van der Waals surface area contributed by atoms with Crippen LogP contribution in [0.2, 0.25) is 0 Å². The minimum absolute atomic E-state index is 0.148. The van der Waals surface area contributed by atoms with Crippen LogP contribution in [0.5, 0.6) is 11.5 Å². The van der Waals surface area contributed by atoms with Crippen LogP contribution in [0.15, 0.2) is 18.2 Å². The summed E-state index contributed by atoms with van der Waals surface area (Å²) in [6.07, 6.45) is 2.06. The third-order valence-electron chi connectivity index (χ3n) is 3.09. The van der Waals surface area contributed by atoms with Crippen LogP contribution in [0, 0.1) is 5.92 Å². The van der Waals surface area contributed by atoms with Gasteiger partial charge in [-0.15, -0.1) is 0 Å². The third kappa shape index (κ3) is 3.35. The van der Waals surface area contributed by atoms with Crippen molar-refractivity contribution in [3.05, 3.63) is 23.8 Å². The first kappa shape index (κ1) is 12.2. The summed E-state index contributed by atoms with van der Waals surface area (Å²) in [4.78, 5) is 0. The molecule has 0 spiro atoms. The Morgan fingerprint density at radius 2 is 2.24 bits per heavy atom. The highest BCUT2D eigenvalue weighted by Gasteiger charge is 2.28. The van der Waals surface area contributed by atoms with Crippen molar-refractivity contribution < 1.29 is 14.9 Å². The predicted molar refractivity (Wildman–Crippen MR) is 65.1 cm³/mol. The number of methoxy groups -OCH3 is 1. The quantitative estimate of drug-likeness (QED) is 0.697. The molecule has 0 aromatic heterocycles. The first-order valence-corrected chi connectivity index (χ1v) is 5.95. The molecule has 1 aromatic carbocycles. The van der Waals surface area contributed by atoms with Crippen molar-refractivity contribution in [2.24, 2.45) is 5.92 Å². The Labute approximate surface area is 101 Å². The lowest BCUT2D eigenvalue weighted by molar-refractivity contribution is 0.148. The van der Waals surface area contributed by atoms with Gasteiger partial charge in [-0.3, -0.25) is 0 Å². The minimum Gasteiger partial charge on any atom is -0.504 e. The van der Waals surface area contributed by atoms with Gasteiger partial charge in [-0.05, 0) is 36.5 Å². The fourth-order valence-electron chi connectivity index (χ4n) is 1.86. The maximum Gasteiger partial charge on any atom is 0.160 e. The number of ether oxygens (including phenoxy) is 1. The first-order valence-electron chi connectivity index (χ1n) is 5.95. The lowest BCUT2D eigenvalue weighted by Gasteiger charge is -2.11. The van der Waals surface area contributed by atoms with Gasteiger partial charge in [0.05, 0.1) is 13.2 Å². The molecule has 0 amide bonds. The van der Waals surface area contributed by atoms with E-state index in [0.717, 1.165) is 18.4 Å². The molecule has 0 aliphatic heterocycles. The average molecular weight is 237 g/mol. The summed E-state index contributed by atoms with van der Waals surface area (Å²) in [6.45, 7) is 1.25. The first-order chi connectivity index (χ1) is 8.20. The summed E-state index contributed by atoms with van der Waals surface area (Å²) < 4.78 is 4.97. The maximum atomic E-state index is 9.67. The average Bonchev–Trinajstić information content (AvgIpc) is 3.13. The van der Waals surface area contributed by atoms with Crippen molar-refractivity contribution >= 4 is 0 Å². The van der Waals surface area contributed by atoms with Crippen molar-refractivity contribution in [3.63, 3.8) is 0 Å². The second-order valence-corrected chi connectivity index (χ2v) is 4.54. The molecule has 0 bridgehead atoms. The van der Waals surface area contributed by atoms with E-state index in [1.165, 1.54) is 7.11 Å². The number of nitrogens with one attached hydrogen (secondary N) is 1. The Hall–Kier alpha value is -1.26. The second-order valence-electron chi connectivity index (χ2n) is 4.54. The molecular formula is C13H19NO3. The summed E-state index contributed by atoms with van der Waals surface area (Å²) in [7, 11) is 1.53. The molecule has 1 saturated carbocycles. The van der Waals surface area contributed by atoms with Crippen LogP contribution in [-0.4, -0.2) is 30.0 Å². The molecule has 0 heterocycles. The zero-order chi connectivity index (χ0) is 12.3. The molecule has 1 aliphatic rings. The largest absolute Gasteiger partial charge is 0.504 e. The Kier molecular flexibility index (Phi) is 3.86. The number of phenols is 1. The van der Waals surface area contributed by atoms with Crippen LogP contribution < -0.4 is 10.1 Å². The van der Waals surface area contributed by atoms with Crippen LogP contribution in [0.25, 0.3) is 0 Å². The van der Waals surface area contributed by atoms with E-state index in [4.69, 9.17) is 4.74 Å². The van der Waals surface area contributed by atoms with Gasteiger partial charge >= 0.3 is 0 Å². The molecule has 17 heavy (non-hydrogen) atoms. The summed E-state index contributed by atoms with van der Waals surface area (Å²) in [6, 6.07) is 5.31. The van der Waals surface area contributed by atoms with Crippen LogP contribution in [-0.2, 0) is 6.54 Å². The molecule has 1 unspecified atom stereocenters. The standard InChI is InChI=1S/C13H19NO3/c1-17-13-5-2-9(6-11(13)15)7-14-8-12(16)10-3-4-10/h2,5-6,10,12,14-16H,3-4,7-8H2,1H3. The molecule has 4 nitrogen and oxygen atoms in total. The molecule has 0 saturated heterocycles. The molecule has 0 radical (unpaired) electrons. The Bertz CT molecular complexity index is 377. The van der Waals surface area contributed by atoms with E-state index in [-0.39, 0.29) is 11.9 Å². The van der Waals surface area contributed by atoms with E-state index in [9.17, 15) is 10.2 Å². The molecule has 94 valence electrons. The van der Waals surface area contributed by atoms with Gasteiger partial charge in [0.25, 0.3) is 0 Å². The highest BCUT2D eigenvalue weighted by Crippen LogP contribution is 2.32. The summed E-state index contributed by atoms with van der Waals surface area (Å²) in [5, 5.41) is 22.5. The number of aliphatic hydroxyl groups is 1. The summed E-state index contributed by atoms with van der Waals surface area (Å²) >= 11 is 0. The summed E-state index contributed by atoms with van der Waals surface area (Å²) in [5.41, 5.74) is 0.978. The van der Waals surface area contributed by atoms with E-state index in [2.05, 4.69) is 5.32 Å². The highest BCUT2D eigenvalue weighted by atomic mass is 16.5. The van der Waals surface area contributed by atoms with Crippen molar-refractivity contribution in [1.82, 2.24) is 5.32 Å². The summed E-state index contributed by atoms with van der Waals surface area (Å²) in [5.74, 6) is 1.12. The molecule has 2 rings (SSSR count). The molecular weight excluding hydrogens is 218 g/mol. The third-order valence-corrected chi connectivity index (χ3v) is 3.09. The predicted octanol–water partition coefficient (Wildman–Crippen LogP) is 1.26. The number of benzene rings is 1. The smallest absolute Gasteiger partial charge is 0.160 e. The van der Waals surface area contributed by atoms with Crippen LogP contribution in [0.1, 0.15) is 18.4 Å². The number of rotatable bonds is 6. The molecule has 1 aliphatic carbocycles. The number of hydrogen-bond donors (Lipinski definition) is 3. The number of aromatic hydroxyl groups is 1. The van der Waals surface area contributed by atoms with Crippen LogP contribution >= 0.6 is 0 Å². The Balaban J connectivity index is 1.80. The van der Waals surface area contributed by atoms with Gasteiger partial charge in [0.15, 0.2) is 11.5 Å². The van der Waals surface area contributed by atoms with Gasteiger partial charge < -0.3 is 20.3 Å². The van der Waals surface area contributed by atoms with Gasteiger partial charge in [0.1, 0.15) is 0 Å². The highest BCUT2D eigenvalue weighted by molar-refractivity contribution is 5.41. The topological polar surface area (TPSA) is 61.7 Å². The van der Waals surface area contributed by atoms with Crippen LogP contribution in [0.4, 0.5) is 0 Å². The fraction of sp³-hybridized carbons (Fsp3) is 0.538. The monoisotopic (exact) mass is 237 g/mol. The van der Waals surface area contributed by atoms with Crippen molar-refractivity contribution in [1.29, 1.82) is 0 Å². The van der Waals surface area contributed by atoms with E-state index in [1.807, 2.05) is 6.07 Å². The molecule has 1 aromatic rings.